The number of benzene rings is 1. The monoisotopic (exact) mass is 316 g/mol. The molecule has 1 aromatic rings. The fourth-order valence-corrected chi connectivity index (χ4v) is 2.25. The number of amides is 1. The summed E-state index contributed by atoms with van der Waals surface area (Å²) in [6.07, 6.45) is -3.46. The van der Waals surface area contributed by atoms with Gasteiger partial charge in [0.2, 0.25) is 5.91 Å². The molecule has 1 amide bonds. The molecule has 1 saturated heterocycles. The molecule has 0 bridgehead atoms. The number of nitrogens with one attached hydrogen (secondary N) is 2. The van der Waals surface area contributed by atoms with Crippen molar-refractivity contribution >= 4 is 5.91 Å². The topological polar surface area (TPSA) is 50.4 Å². The molecule has 1 aliphatic rings. The predicted octanol–water partition coefficient (Wildman–Crippen LogP) is 1.99. The van der Waals surface area contributed by atoms with Crippen molar-refractivity contribution in [2.75, 3.05) is 19.7 Å². The van der Waals surface area contributed by atoms with E-state index in [1.54, 1.807) is 24.3 Å². The molecule has 7 heteroatoms. The van der Waals surface area contributed by atoms with Gasteiger partial charge < -0.3 is 15.4 Å². The highest BCUT2D eigenvalue weighted by Crippen LogP contribution is 2.16. The van der Waals surface area contributed by atoms with Crippen molar-refractivity contribution in [3.05, 3.63) is 35.4 Å². The van der Waals surface area contributed by atoms with Crippen LogP contribution in [0.25, 0.3) is 0 Å². The Hall–Kier alpha value is -1.60. The van der Waals surface area contributed by atoms with Crippen LogP contribution in [-0.2, 0) is 22.7 Å². The van der Waals surface area contributed by atoms with Gasteiger partial charge in [-0.05, 0) is 24.1 Å². The molecule has 4 nitrogen and oxygen atoms in total. The van der Waals surface area contributed by atoms with Gasteiger partial charge in [0.25, 0.3) is 0 Å². The lowest BCUT2D eigenvalue weighted by molar-refractivity contribution is -0.176. The van der Waals surface area contributed by atoms with Crippen LogP contribution in [-0.4, -0.2) is 31.8 Å². The Kier molecular flexibility index (Phi) is 5.79. The molecular weight excluding hydrogens is 297 g/mol. The standard InChI is InChI=1S/C15H19F3N2O2/c16-15(17,18)10-22-9-12-3-1-11(2-4-12)7-20-14(21)13-5-6-19-8-13/h1-4,13,19H,5-10H2,(H,20,21). The molecule has 1 heterocycles. The summed E-state index contributed by atoms with van der Waals surface area (Å²) in [5, 5.41) is 6.00. The summed E-state index contributed by atoms with van der Waals surface area (Å²) in [5.74, 6) is 0.0534. The zero-order valence-electron chi connectivity index (χ0n) is 12.1. The van der Waals surface area contributed by atoms with Crippen molar-refractivity contribution in [2.24, 2.45) is 5.92 Å². The van der Waals surface area contributed by atoms with E-state index in [2.05, 4.69) is 15.4 Å². The summed E-state index contributed by atoms with van der Waals surface area (Å²) < 4.78 is 40.5. The number of halogens is 3. The van der Waals surface area contributed by atoms with Crippen molar-refractivity contribution in [3.63, 3.8) is 0 Å². The summed E-state index contributed by atoms with van der Waals surface area (Å²) in [6.45, 7) is 0.658. The Morgan fingerprint density at radius 3 is 2.55 bits per heavy atom. The van der Waals surface area contributed by atoms with Gasteiger partial charge in [-0.25, -0.2) is 0 Å². The largest absolute Gasteiger partial charge is 0.411 e. The van der Waals surface area contributed by atoms with Gasteiger partial charge in [0.15, 0.2) is 0 Å². The molecule has 2 N–H and O–H groups in total. The van der Waals surface area contributed by atoms with Gasteiger partial charge in [0, 0.05) is 13.1 Å². The molecule has 0 spiro atoms. The van der Waals surface area contributed by atoms with E-state index in [9.17, 15) is 18.0 Å². The molecule has 122 valence electrons. The Labute approximate surface area is 127 Å². The van der Waals surface area contributed by atoms with Crippen molar-refractivity contribution in [1.82, 2.24) is 10.6 Å². The predicted molar refractivity (Wildman–Crippen MR) is 75.0 cm³/mol. The van der Waals surface area contributed by atoms with Gasteiger partial charge in [-0.2, -0.15) is 13.2 Å². The summed E-state index contributed by atoms with van der Waals surface area (Å²) in [7, 11) is 0. The highest BCUT2D eigenvalue weighted by atomic mass is 19.4. The molecule has 1 atom stereocenters. The lowest BCUT2D eigenvalue weighted by Gasteiger charge is -2.11. The fourth-order valence-electron chi connectivity index (χ4n) is 2.25. The molecule has 0 aliphatic carbocycles. The maximum absolute atomic E-state index is 12.0. The average Bonchev–Trinajstić information content (AvgIpc) is 2.99. The zero-order valence-corrected chi connectivity index (χ0v) is 12.1. The number of ether oxygens (including phenoxy) is 1. The number of alkyl halides is 3. The molecule has 22 heavy (non-hydrogen) atoms. The van der Waals surface area contributed by atoms with Gasteiger partial charge >= 0.3 is 6.18 Å². The fraction of sp³-hybridized carbons (Fsp3) is 0.533. The molecule has 2 rings (SSSR count). The zero-order chi connectivity index (χ0) is 16.0. The van der Waals surface area contributed by atoms with E-state index in [0.717, 1.165) is 18.5 Å². The average molecular weight is 316 g/mol. The Morgan fingerprint density at radius 1 is 1.27 bits per heavy atom. The highest BCUT2D eigenvalue weighted by molar-refractivity contribution is 5.79. The van der Waals surface area contributed by atoms with Crippen LogP contribution < -0.4 is 10.6 Å². The molecule has 1 unspecified atom stereocenters. The molecule has 0 radical (unpaired) electrons. The van der Waals surface area contributed by atoms with Gasteiger partial charge in [0.1, 0.15) is 6.61 Å². The van der Waals surface area contributed by atoms with E-state index in [0.29, 0.717) is 18.7 Å². The van der Waals surface area contributed by atoms with Crippen LogP contribution in [0.15, 0.2) is 24.3 Å². The van der Waals surface area contributed by atoms with Gasteiger partial charge in [0.05, 0.1) is 12.5 Å². The smallest absolute Gasteiger partial charge is 0.367 e. The summed E-state index contributed by atoms with van der Waals surface area (Å²) in [6, 6.07) is 6.96. The summed E-state index contributed by atoms with van der Waals surface area (Å²) >= 11 is 0. The van der Waals surface area contributed by atoms with Crippen molar-refractivity contribution in [2.45, 2.75) is 25.7 Å². The summed E-state index contributed by atoms with van der Waals surface area (Å²) in [5.41, 5.74) is 1.57. The normalized spacial score (nSPS) is 18.4. The SMILES string of the molecule is O=C(NCc1ccc(COCC(F)(F)F)cc1)C1CCNC1. The molecule has 1 aliphatic heterocycles. The summed E-state index contributed by atoms with van der Waals surface area (Å²) in [4.78, 5) is 11.8. The molecule has 0 saturated carbocycles. The quantitative estimate of drug-likeness (QED) is 0.844. The van der Waals surface area contributed by atoms with Crippen LogP contribution in [0.1, 0.15) is 17.5 Å². The number of rotatable bonds is 6. The second-order valence-electron chi connectivity index (χ2n) is 5.33. The van der Waals surface area contributed by atoms with E-state index in [1.807, 2.05) is 0 Å². The van der Waals surface area contributed by atoms with E-state index >= 15 is 0 Å². The molecule has 1 fully saturated rings. The molecule has 0 aromatic heterocycles. The third kappa shape index (κ3) is 5.65. The van der Waals surface area contributed by atoms with Gasteiger partial charge in [-0.3, -0.25) is 4.79 Å². The maximum atomic E-state index is 12.0. The maximum Gasteiger partial charge on any atom is 0.411 e. The van der Waals surface area contributed by atoms with Crippen LogP contribution in [0.2, 0.25) is 0 Å². The second-order valence-corrected chi connectivity index (χ2v) is 5.33. The minimum atomic E-state index is -4.31. The number of hydrogen-bond donors (Lipinski definition) is 2. The van der Waals surface area contributed by atoms with Gasteiger partial charge in [-0.15, -0.1) is 0 Å². The highest BCUT2D eigenvalue weighted by Gasteiger charge is 2.27. The van der Waals surface area contributed by atoms with Crippen LogP contribution in [0.5, 0.6) is 0 Å². The Bertz CT molecular complexity index is 483. The minimum Gasteiger partial charge on any atom is -0.367 e. The second kappa shape index (κ2) is 7.60. The van der Waals surface area contributed by atoms with Crippen molar-refractivity contribution < 1.29 is 22.7 Å². The molecular formula is C15H19F3N2O2. The van der Waals surface area contributed by atoms with Gasteiger partial charge in [-0.1, -0.05) is 24.3 Å². The number of carbonyl (C=O) groups excluding carboxylic acids is 1. The first-order chi connectivity index (χ1) is 10.4. The van der Waals surface area contributed by atoms with Crippen LogP contribution in [0.3, 0.4) is 0 Å². The third-order valence-corrected chi connectivity index (χ3v) is 3.46. The van der Waals surface area contributed by atoms with E-state index in [4.69, 9.17) is 0 Å². The first-order valence-corrected chi connectivity index (χ1v) is 7.15. The van der Waals surface area contributed by atoms with Crippen molar-refractivity contribution in [1.29, 1.82) is 0 Å². The van der Waals surface area contributed by atoms with Crippen molar-refractivity contribution in [3.8, 4) is 0 Å². The number of hydrogen-bond acceptors (Lipinski definition) is 3. The Morgan fingerprint density at radius 2 is 1.95 bits per heavy atom. The third-order valence-electron chi connectivity index (χ3n) is 3.46. The first kappa shape index (κ1) is 16.8. The van der Waals surface area contributed by atoms with E-state index in [1.165, 1.54) is 0 Å². The van der Waals surface area contributed by atoms with E-state index in [-0.39, 0.29) is 18.4 Å². The lowest BCUT2D eigenvalue weighted by Crippen LogP contribution is -2.31. The van der Waals surface area contributed by atoms with E-state index < -0.39 is 12.8 Å². The van der Waals surface area contributed by atoms with Crippen LogP contribution in [0.4, 0.5) is 13.2 Å². The number of carbonyl (C=O) groups is 1. The molecule has 1 aromatic carbocycles. The lowest BCUT2D eigenvalue weighted by atomic mass is 10.1. The van der Waals surface area contributed by atoms with Crippen LogP contribution in [0, 0.1) is 5.92 Å². The Balaban J connectivity index is 1.73. The van der Waals surface area contributed by atoms with Crippen LogP contribution >= 0.6 is 0 Å². The minimum absolute atomic E-state index is 0.0232. The first-order valence-electron chi connectivity index (χ1n) is 7.15.